The number of rotatable bonds is 5. The molecule has 0 aliphatic heterocycles. The molecule has 0 aliphatic rings. The molecule has 0 amide bonds. The summed E-state index contributed by atoms with van der Waals surface area (Å²) in [4.78, 5) is 0.0700. The van der Waals surface area contributed by atoms with Crippen molar-refractivity contribution in [2.24, 2.45) is 5.73 Å². The molecular formula is C9H12BrClN2O2S. The second-order valence-corrected chi connectivity index (χ2v) is 6.17. The molecule has 0 bridgehead atoms. The summed E-state index contributed by atoms with van der Waals surface area (Å²) < 4.78 is 26.7. The van der Waals surface area contributed by atoms with E-state index in [1.807, 2.05) is 0 Å². The summed E-state index contributed by atoms with van der Waals surface area (Å²) in [6.07, 6.45) is 0.588. The zero-order chi connectivity index (χ0) is 12.2. The lowest BCUT2D eigenvalue weighted by Crippen LogP contribution is -2.26. The van der Waals surface area contributed by atoms with Gasteiger partial charge >= 0.3 is 0 Å². The smallest absolute Gasteiger partial charge is 0.242 e. The van der Waals surface area contributed by atoms with Gasteiger partial charge in [0.1, 0.15) is 4.90 Å². The standard InChI is InChI=1S/C9H12BrClN2O2S/c10-7-2-3-8(11)9(6-7)16(14,15)13-5-1-4-12/h2-3,6,13H,1,4-5,12H2. The van der Waals surface area contributed by atoms with E-state index in [1.165, 1.54) is 12.1 Å². The molecule has 0 saturated carbocycles. The number of halogens is 2. The van der Waals surface area contributed by atoms with Crippen molar-refractivity contribution in [3.63, 3.8) is 0 Å². The largest absolute Gasteiger partial charge is 0.330 e. The van der Waals surface area contributed by atoms with Gasteiger partial charge in [-0.1, -0.05) is 27.5 Å². The molecule has 90 valence electrons. The normalized spacial score (nSPS) is 11.7. The van der Waals surface area contributed by atoms with Gasteiger partial charge in [0.05, 0.1) is 5.02 Å². The lowest BCUT2D eigenvalue weighted by molar-refractivity contribution is 0.579. The first kappa shape index (κ1) is 13.9. The molecule has 1 rings (SSSR count). The van der Waals surface area contributed by atoms with Gasteiger partial charge in [-0.2, -0.15) is 0 Å². The lowest BCUT2D eigenvalue weighted by atomic mass is 10.4. The van der Waals surface area contributed by atoms with Crippen LogP contribution >= 0.6 is 27.5 Å². The summed E-state index contributed by atoms with van der Waals surface area (Å²) >= 11 is 9.03. The predicted molar refractivity (Wildman–Crippen MR) is 68.0 cm³/mol. The number of nitrogens with one attached hydrogen (secondary N) is 1. The molecule has 0 aliphatic carbocycles. The zero-order valence-corrected chi connectivity index (χ0v) is 11.6. The third-order valence-corrected chi connectivity index (χ3v) is 4.29. The highest BCUT2D eigenvalue weighted by Crippen LogP contribution is 2.24. The van der Waals surface area contributed by atoms with Crippen LogP contribution in [0.1, 0.15) is 6.42 Å². The molecule has 0 unspecified atom stereocenters. The zero-order valence-electron chi connectivity index (χ0n) is 8.41. The molecular weight excluding hydrogens is 316 g/mol. The summed E-state index contributed by atoms with van der Waals surface area (Å²) in [6.45, 7) is 0.746. The molecule has 0 heterocycles. The Morgan fingerprint density at radius 1 is 1.44 bits per heavy atom. The van der Waals surface area contributed by atoms with Crippen molar-refractivity contribution >= 4 is 37.6 Å². The maximum Gasteiger partial charge on any atom is 0.242 e. The van der Waals surface area contributed by atoms with Crippen LogP contribution in [0, 0.1) is 0 Å². The van der Waals surface area contributed by atoms with Gasteiger partial charge in [-0.15, -0.1) is 0 Å². The first-order valence-corrected chi connectivity index (χ1v) is 7.27. The van der Waals surface area contributed by atoms with E-state index < -0.39 is 10.0 Å². The first-order valence-electron chi connectivity index (χ1n) is 4.62. The maximum atomic E-state index is 11.8. The molecule has 7 heteroatoms. The SMILES string of the molecule is NCCCNS(=O)(=O)c1cc(Br)ccc1Cl. The van der Waals surface area contributed by atoms with E-state index >= 15 is 0 Å². The Bertz CT molecular complexity index is 465. The average Bonchev–Trinajstić information content (AvgIpc) is 2.22. The molecule has 1 aromatic carbocycles. The van der Waals surface area contributed by atoms with Gasteiger partial charge in [-0.25, -0.2) is 13.1 Å². The molecule has 1 aromatic rings. The Kier molecular flexibility index (Phi) is 5.20. The lowest BCUT2D eigenvalue weighted by Gasteiger charge is -2.08. The number of hydrogen-bond acceptors (Lipinski definition) is 3. The third-order valence-electron chi connectivity index (χ3n) is 1.86. The van der Waals surface area contributed by atoms with Gasteiger partial charge in [0.15, 0.2) is 0 Å². The van der Waals surface area contributed by atoms with Crippen LogP contribution in [0.2, 0.25) is 5.02 Å². The Morgan fingerprint density at radius 3 is 2.75 bits per heavy atom. The molecule has 0 atom stereocenters. The minimum absolute atomic E-state index is 0.0700. The van der Waals surface area contributed by atoms with E-state index in [1.54, 1.807) is 6.07 Å². The summed E-state index contributed by atoms with van der Waals surface area (Å²) in [7, 11) is -3.55. The quantitative estimate of drug-likeness (QED) is 0.809. The van der Waals surface area contributed by atoms with Gasteiger partial charge < -0.3 is 5.73 Å². The van der Waals surface area contributed by atoms with Crippen LogP contribution in [0.4, 0.5) is 0 Å². The third kappa shape index (κ3) is 3.71. The van der Waals surface area contributed by atoms with Crippen molar-refractivity contribution in [1.29, 1.82) is 0 Å². The van der Waals surface area contributed by atoms with Crippen molar-refractivity contribution < 1.29 is 8.42 Å². The maximum absolute atomic E-state index is 11.8. The van der Waals surface area contributed by atoms with E-state index in [0.29, 0.717) is 24.0 Å². The van der Waals surface area contributed by atoms with Crippen LogP contribution in [-0.4, -0.2) is 21.5 Å². The fraction of sp³-hybridized carbons (Fsp3) is 0.333. The minimum atomic E-state index is -3.55. The second-order valence-electron chi connectivity index (χ2n) is 3.11. The molecule has 4 nitrogen and oxygen atoms in total. The van der Waals surface area contributed by atoms with E-state index in [-0.39, 0.29) is 9.92 Å². The summed E-state index contributed by atoms with van der Waals surface area (Å²) in [6, 6.07) is 4.68. The molecule has 16 heavy (non-hydrogen) atoms. The number of hydrogen-bond donors (Lipinski definition) is 2. The van der Waals surface area contributed by atoms with Crippen LogP contribution in [-0.2, 0) is 10.0 Å². The van der Waals surface area contributed by atoms with E-state index in [0.717, 1.165) is 0 Å². The van der Waals surface area contributed by atoms with Crippen LogP contribution in [0.3, 0.4) is 0 Å². The molecule has 0 saturated heterocycles. The van der Waals surface area contributed by atoms with Gasteiger partial charge in [-0.3, -0.25) is 0 Å². The van der Waals surface area contributed by atoms with Crippen molar-refractivity contribution in [1.82, 2.24) is 4.72 Å². The minimum Gasteiger partial charge on any atom is -0.330 e. The highest BCUT2D eigenvalue weighted by Gasteiger charge is 2.17. The predicted octanol–water partition coefficient (Wildman–Crippen LogP) is 1.73. The molecule has 0 fully saturated rings. The van der Waals surface area contributed by atoms with E-state index in [2.05, 4.69) is 20.7 Å². The number of sulfonamides is 1. The molecule has 0 aromatic heterocycles. The first-order chi connectivity index (χ1) is 7.47. The Hall–Kier alpha value is -0.140. The van der Waals surface area contributed by atoms with E-state index in [4.69, 9.17) is 17.3 Å². The highest BCUT2D eigenvalue weighted by atomic mass is 79.9. The monoisotopic (exact) mass is 326 g/mol. The van der Waals surface area contributed by atoms with Crippen molar-refractivity contribution in [3.05, 3.63) is 27.7 Å². The van der Waals surface area contributed by atoms with E-state index in [9.17, 15) is 8.42 Å². The van der Waals surface area contributed by atoms with Crippen molar-refractivity contribution in [3.8, 4) is 0 Å². The summed E-state index contributed by atoms with van der Waals surface area (Å²) in [5.41, 5.74) is 5.28. The number of benzene rings is 1. The van der Waals surface area contributed by atoms with Crippen molar-refractivity contribution in [2.45, 2.75) is 11.3 Å². The van der Waals surface area contributed by atoms with Crippen LogP contribution in [0.15, 0.2) is 27.6 Å². The van der Waals surface area contributed by atoms with Gasteiger partial charge in [0.2, 0.25) is 10.0 Å². The summed E-state index contributed by atoms with van der Waals surface area (Å²) in [5, 5.41) is 0.198. The highest BCUT2D eigenvalue weighted by molar-refractivity contribution is 9.10. The van der Waals surface area contributed by atoms with Crippen molar-refractivity contribution in [2.75, 3.05) is 13.1 Å². The topological polar surface area (TPSA) is 72.2 Å². The van der Waals surface area contributed by atoms with Gasteiger partial charge in [0.25, 0.3) is 0 Å². The van der Waals surface area contributed by atoms with Crippen LogP contribution in [0.5, 0.6) is 0 Å². The average molecular weight is 328 g/mol. The Labute approximate surface area is 108 Å². The summed E-state index contributed by atoms with van der Waals surface area (Å²) in [5.74, 6) is 0. The fourth-order valence-electron chi connectivity index (χ4n) is 1.07. The molecule has 3 N–H and O–H groups in total. The Balaban J connectivity index is 2.93. The second kappa shape index (κ2) is 5.97. The van der Waals surface area contributed by atoms with Gasteiger partial charge in [-0.05, 0) is 31.2 Å². The van der Waals surface area contributed by atoms with Crippen LogP contribution < -0.4 is 10.5 Å². The Morgan fingerprint density at radius 2 is 2.12 bits per heavy atom. The van der Waals surface area contributed by atoms with Crippen LogP contribution in [0.25, 0.3) is 0 Å². The molecule has 0 radical (unpaired) electrons. The number of nitrogens with two attached hydrogens (primary N) is 1. The van der Waals surface area contributed by atoms with Gasteiger partial charge in [0, 0.05) is 11.0 Å². The molecule has 0 spiro atoms. The fourth-order valence-corrected chi connectivity index (χ4v) is 3.18.